The van der Waals surface area contributed by atoms with E-state index in [1.807, 2.05) is 26.0 Å². The summed E-state index contributed by atoms with van der Waals surface area (Å²) in [6, 6.07) is 3.93. The van der Waals surface area contributed by atoms with Crippen LogP contribution in [-0.4, -0.2) is 35.6 Å². The van der Waals surface area contributed by atoms with Crippen LogP contribution < -0.4 is 5.32 Å². The van der Waals surface area contributed by atoms with E-state index in [1.54, 1.807) is 0 Å². The van der Waals surface area contributed by atoms with Crippen molar-refractivity contribution >= 4 is 0 Å². The Hall–Kier alpha value is -1.10. The number of rotatable bonds is 4. The molecule has 1 unspecified atom stereocenters. The maximum atomic E-state index is 10.1. The van der Waals surface area contributed by atoms with Crippen LogP contribution in [0.5, 0.6) is 5.75 Å². The van der Waals surface area contributed by atoms with Gasteiger partial charge in [0.25, 0.3) is 0 Å². The van der Waals surface area contributed by atoms with E-state index in [9.17, 15) is 10.2 Å². The first-order chi connectivity index (χ1) is 8.50. The third-order valence-electron chi connectivity index (χ3n) is 3.42. The quantitative estimate of drug-likeness (QED) is 0.753. The Balaban J connectivity index is 1.90. The molecule has 100 valence electrons. The van der Waals surface area contributed by atoms with E-state index in [0.717, 1.165) is 16.7 Å². The van der Waals surface area contributed by atoms with Crippen LogP contribution in [0.15, 0.2) is 12.1 Å². The first kappa shape index (κ1) is 13.3. The summed E-state index contributed by atoms with van der Waals surface area (Å²) in [7, 11) is 0. The summed E-state index contributed by atoms with van der Waals surface area (Å²) in [6.45, 7) is 6.05. The average molecular weight is 251 g/mol. The third-order valence-corrected chi connectivity index (χ3v) is 3.42. The highest BCUT2D eigenvalue weighted by Gasteiger charge is 2.31. The van der Waals surface area contributed by atoms with E-state index in [4.69, 9.17) is 4.74 Å². The van der Waals surface area contributed by atoms with E-state index < -0.39 is 5.60 Å². The number of hydrogen-bond donors (Lipinski definition) is 3. The van der Waals surface area contributed by atoms with Crippen molar-refractivity contribution in [1.29, 1.82) is 0 Å². The lowest BCUT2D eigenvalue weighted by atomic mass is 10.0. The van der Waals surface area contributed by atoms with Gasteiger partial charge in [-0.05, 0) is 30.5 Å². The van der Waals surface area contributed by atoms with Crippen LogP contribution in [-0.2, 0) is 11.3 Å². The summed E-state index contributed by atoms with van der Waals surface area (Å²) in [5.74, 6) is 0.363. The molecule has 1 heterocycles. The molecule has 1 aliphatic heterocycles. The summed E-state index contributed by atoms with van der Waals surface area (Å²) >= 11 is 0. The van der Waals surface area contributed by atoms with Crippen LogP contribution in [0.4, 0.5) is 0 Å². The minimum absolute atomic E-state index is 0.363. The standard InChI is InChI=1S/C14H21NO3/c1-10-5-12(6-11(2)13(10)16)7-15-8-14(17)3-4-18-9-14/h5-6,15-17H,3-4,7-9H2,1-2H3. The van der Waals surface area contributed by atoms with E-state index in [2.05, 4.69) is 5.32 Å². The highest BCUT2D eigenvalue weighted by molar-refractivity contribution is 5.42. The highest BCUT2D eigenvalue weighted by atomic mass is 16.5. The minimum Gasteiger partial charge on any atom is -0.507 e. The fourth-order valence-corrected chi connectivity index (χ4v) is 2.32. The van der Waals surface area contributed by atoms with Gasteiger partial charge in [-0.25, -0.2) is 0 Å². The minimum atomic E-state index is -0.721. The normalized spacial score (nSPS) is 23.5. The second-order valence-corrected chi connectivity index (χ2v) is 5.21. The molecule has 1 aromatic carbocycles. The van der Waals surface area contributed by atoms with E-state index in [0.29, 0.717) is 38.5 Å². The molecule has 1 saturated heterocycles. The van der Waals surface area contributed by atoms with Crippen molar-refractivity contribution < 1.29 is 14.9 Å². The number of phenolic OH excluding ortho intramolecular Hbond substituents is 1. The second-order valence-electron chi connectivity index (χ2n) is 5.21. The molecular formula is C14H21NO3. The van der Waals surface area contributed by atoms with E-state index in [-0.39, 0.29) is 0 Å². The zero-order chi connectivity index (χ0) is 13.2. The number of hydrogen-bond acceptors (Lipinski definition) is 4. The molecule has 0 radical (unpaired) electrons. The molecule has 1 aromatic rings. The van der Waals surface area contributed by atoms with Gasteiger partial charge in [-0.2, -0.15) is 0 Å². The number of ether oxygens (including phenoxy) is 1. The van der Waals surface area contributed by atoms with Gasteiger partial charge in [0.05, 0.1) is 6.61 Å². The van der Waals surface area contributed by atoms with Gasteiger partial charge < -0.3 is 20.3 Å². The van der Waals surface area contributed by atoms with Crippen molar-refractivity contribution in [3.8, 4) is 5.75 Å². The van der Waals surface area contributed by atoms with E-state index >= 15 is 0 Å². The molecule has 0 amide bonds. The van der Waals surface area contributed by atoms with Crippen molar-refractivity contribution in [2.75, 3.05) is 19.8 Å². The van der Waals surface area contributed by atoms with Crippen LogP contribution in [0.2, 0.25) is 0 Å². The zero-order valence-corrected chi connectivity index (χ0v) is 11.0. The van der Waals surface area contributed by atoms with Crippen LogP contribution in [0, 0.1) is 13.8 Å². The Labute approximate surface area is 108 Å². The maximum absolute atomic E-state index is 10.1. The van der Waals surface area contributed by atoms with Crippen molar-refractivity contribution in [1.82, 2.24) is 5.32 Å². The lowest BCUT2D eigenvalue weighted by Gasteiger charge is -2.21. The number of phenols is 1. The number of aliphatic hydroxyl groups is 1. The maximum Gasteiger partial charge on any atom is 0.121 e. The lowest BCUT2D eigenvalue weighted by molar-refractivity contribution is 0.0268. The van der Waals surface area contributed by atoms with Gasteiger partial charge in [-0.3, -0.25) is 0 Å². The Bertz CT molecular complexity index is 402. The Kier molecular flexibility index (Phi) is 3.90. The molecule has 4 nitrogen and oxygen atoms in total. The molecule has 0 saturated carbocycles. The molecule has 0 aromatic heterocycles. The lowest BCUT2D eigenvalue weighted by Crippen LogP contribution is -2.40. The first-order valence-electron chi connectivity index (χ1n) is 6.30. The molecule has 3 N–H and O–H groups in total. The fraction of sp³-hybridized carbons (Fsp3) is 0.571. The van der Waals surface area contributed by atoms with Gasteiger partial charge in [0, 0.05) is 26.1 Å². The van der Waals surface area contributed by atoms with Crippen LogP contribution in [0.25, 0.3) is 0 Å². The summed E-state index contributed by atoms with van der Waals surface area (Å²) < 4.78 is 5.19. The molecule has 0 aliphatic carbocycles. The Morgan fingerprint density at radius 2 is 2.00 bits per heavy atom. The van der Waals surface area contributed by atoms with Gasteiger partial charge in [0.1, 0.15) is 11.4 Å². The van der Waals surface area contributed by atoms with Gasteiger partial charge in [0.15, 0.2) is 0 Å². The average Bonchev–Trinajstić information content (AvgIpc) is 2.73. The predicted molar refractivity (Wildman–Crippen MR) is 69.7 cm³/mol. The van der Waals surface area contributed by atoms with Crippen molar-refractivity contribution in [2.45, 2.75) is 32.4 Å². The number of nitrogens with one attached hydrogen (secondary N) is 1. The molecule has 0 bridgehead atoms. The van der Waals surface area contributed by atoms with Crippen molar-refractivity contribution in [2.24, 2.45) is 0 Å². The molecule has 0 spiro atoms. The van der Waals surface area contributed by atoms with Gasteiger partial charge in [0.2, 0.25) is 0 Å². The van der Waals surface area contributed by atoms with Gasteiger partial charge in [-0.15, -0.1) is 0 Å². The van der Waals surface area contributed by atoms with Crippen LogP contribution in [0.1, 0.15) is 23.1 Å². The molecule has 1 atom stereocenters. The zero-order valence-electron chi connectivity index (χ0n) is 11.0. The third kappa shape index (κ3) is 3.02. The van der Waals surface area contributed by atoms with Crippen LogP contribution in [0.3, 0.4) is 0 Å². The summed E-state index contributed by atoms with van der Waals surface area (Å²) in [6.07, 6.45) is 0.688. The summed E-state index contributed by atoms with van der Waals surface area (Å²) in [5.41, 5.74) is 2.16. The topological polar surface area (TPSA) is 61.7 Å². The Morgan fingerprint density at radius 3 is 2.56 bits per heavy atom. The SMILES string of the molecule is Cc1cc(CNCC2(O)CCOC2)cc(C)c1O. The van der Waals surface area contributed by atoms with Crippen molar-refractivity contribution in [3.05, 3.63) is 28.8 Å². The van der Waals surface area contributed by atoms with E-state index in [1.165, 1.54) is 0 Å². The monoisotopic (exact) mass is 251 g/mol. The number of benzene rings is 1. The summed E-state index contributed by atoms with van der Waals surface area (Å²) in [4.78, 5) is 0. The number of aromatic hydroxyl groups is 1. The molecule has 4 heteroatoms. The molecule has 2 rings (SSSR count). The molecule has 1 fully saturated rings. The first-order valence-corrected chi connectivity index (χ1v) is 6.30. The molecule has 1 aliphatic rings. The smallest absolute Gasteiger partial charge is 0.121 e. The van der Waals surface area contributed by atoms with Gasteiger partial charge >= 0.3 is 0 Å². The fourth-order valence-electron chi connectivity index (χ4n) is 2.32. The molecule has 18 heavy (non-hydrogen) atoms. The van der Waals surface area contributed by atoms with Gasteiger partial charge in [-0.1, -0.05) is 12.1 Å². The Morgan fingerprint density at radius 1 is 1.33 bits per heavy atom. The number of aryl methyl sites for hydroxylation is 2. The van der Waals surface area contributed by atoms with Crippen molar-refractivity contribution in [3.63, 3.8) is 0 Å². The highest BCUT2D eigenvalue weighted by Crippen LogP contribution is 2.23. The second kappa shape index (κ2) is 5.26. The predicted octanol–water partition coefficient (Wildman–Crippen LogP) is 1.25. The summed E-state index contributed by atoms with van der Waals surface area (Å²) in [5, 5.41) is 23.0. The largest absolute Gasteiger partial charge is 0.507 e. The van der Waals surface area contributed by atoms with Crippen LogP contribution >= 0.6 is 0 Å². The molecular weight excluding hydrogens is 230 g/mol.